The monoisotopic (exact) mass is 413 g/mol. The molecule has 0 aliphatic carbocycles. The predicted octanol–water partition coefficient (Wildman–Crippen LogP) is 4.93. The lowest BCUT2D eigenvalue weighted by molar-refractivity contribution is 0.0784. The summed E-state index contributed by atoms with van der Waals surface area (Å²) in [5.41, 5.74) is 0. The summed E-state index contributed by atoms with van der Waals surface area (Å²) in [6, 6.07) is 12.1. The summed E-state index contributed by atoms with van der Waals surface area (Å²) in [6.45, 7) is 3.57. The molecule has 0 saturated carbocycles. The van der Waals surface area contributed by atoms with E-state index in [1.54, 1.807) is 42.5 Å². The van der Waals surface area contributed by atoms with Crippen molar-refractivity contribution in [2.24, 2.45) is 0 Å². The van der Waals surface area contributed by atoms with Gasteiger partial charge in [-0.15, -0.1) is 0 Å². The number of benzene rings is 2. The van der Waals surface area contributed by atoms with Crippen LogP contribution in [0.25, 0.3) is 0 Å². The van der Waals surface area contributed by atoms with E-state index in [4.69, 9.17) is 42.1 Å². The van der Waals surface area contributed by atoms with Crippen LogP contribution >= 0.6 is 23.2 Å². The second-order valence-electron chi connectivity index (χ2n) is 5.26. The summed E-state index contributed by atoms with van der Waals surface area (Å²) in [4.78, 5) is 11.4. The maximum Gasteiger partial charge on any atom is 0.407 e. The van der Waals surface area contributed by atoms with Gasteiger partial charge in [-0.2, -0.15) is 0 Å². The van der Waals surface area contributed by atoms with Gasteiger partial charge < -0.3 is 24.3 Å². The summed E-state index contributed by atoms with van der Waals surface area (Å²) in [7, 11) is 0. The van der Waals surface area contributed by atoms with E-state index in [2.05, 4.69) is 5.32 Å². The molecule has 2 aromatic rings. The number of amides is 1. The van der Waals surface area contributed by atoms with Crippen molar-refractivity contribution < 1.29 is 23.7 Å². The lowest BCUT2D eigenvalue weighted by Gasteiger charge is -2.11. The van der Waals surface area contributed by atoms with Crippen LogP contribution in [-0.2, 0) is 9.47 Å². The van der Waals surface area contributed by atoms with Crippen LogP contribution < -0.4 is 14.8 Å². The molecule has 146 valence electrons. The molecule has 0 aromatic heterocycles. The van der Waals surface area contributed by atoms with E-state index in [-0.39, 0.29) is 19.8 Å². The Labute approximate surface area is 168 Å². The number of carbonyl (C=O) groups is 1. The van der Waals surface area contributed by atoms with E-state index in [1.165, 1.54) is 0 Å². The molecule has 0 heterocycles. The first-order chi connectivity index (χ1) is 13.1. The smallest absolute Gasteiger partial charge is 0.407 e. The fourth-order valence-corrected chi connectivity index (χ4v) is 2.44. The van der Waals surface area contributed by atoms with Gasteiger partial charge in [-0.3, -0.25) is 0 Å². The summed E-state index contributed by atoms with van der Waals surface area (Å²) in [5.74, 6) is 1.66. The third kappa shape index (κ3) is 7.95. The third-order valence-corrected chi connectivity index (χ3v) is 3.76. The summed E-state index contributed by atoms with van der Waals surface area (Å²) in [5, 5.41) is 3.56. The Hall–Kier alpha value is -2.15. The van der Waals surface area contributed by atoms with Crippen LogP contribution in [0, 0.1) is 0 Å². The SMILES string of the molecule is CCOCCOC(=O)NCCOc1ccc(Oc2cccc(Cl)c2)cc1Cl. The van der Waals surface area contributed by atoms with E-state index in [1.807, 2.05) is 6.92 Å². The van der Waals surface area contributed by atoms with Gasteiger partial charge in [-0.25, -0.2) is 4.79 Å². The lowest BCUT2D eigenvalue weighted by atomic mass is 10.3. The van der Waals surface area contributed by atoms with Crippen LogP contribution in [0.3, 0.4) is 0 Å². The first-order valence-corrected chi connectivity index (χ1v) is 9.18. The Kier molecular flexibility index (Phi) is 9.04. The first kappa shape index (κ1) is 21.2. The molecule has 1 amide bonds. The number of rotatable bonds is 10. The van der Waals surface area contributed by atoms with Crippen molar-refractivity contribution >= 4 is 29.3 Å². The Balaban J connectivity index is 1.73. The zero-order valence-corrected chi connectivity index (χ0v) is 16.4. The van der Waals surface area contributed by atoms with Gasteiger partial charge in [-0.05, 0) is 37.3 Å². The number of nitrogens with one attached hydrogen (secondary N) is 1. The van der Waals surface area contributed by atoms with Crippen LogP contribution in [0.5, 0.6) is 17.2 Å². The van der Waals surface area contributed by atoms with E-state index < -0.39 is 6.09 Å². The molecule has 2 aromatic carbocycles. The summed E-state index contributed by atoms with van der Waals surface area (Å²) in [6.07, 6.45) is -0.519. The number of carbonyl (C=O) groups excluding carboxylic acids is 1. The number of hydrogen-bond donors (Lipinski definition) is 1. The second-order valence-corrected chi connectivity index (χ2v) is 6.10. The van der Waals surface area contributed by atoms with Crippen LogP contribution in [0.15, 0.2) is 42.5 Å². The molecule has 0 aliphatic rings. The first-order valence-electron chi connectivity index (χ1n) is 8.42. The van der Waals surface area contributed by atoms with Crippen LogP contribution in [0.1, 0.15) is 6.92 Å². The number of halogens is 2. The van der Waals surface area contributed by atoms with Gasteiger partial charge >= 0.3 is 6.09 Å². The molecular formula is C19H21Cl2NO5. The van der Waals surface area contributed by atoms with E-state index >= 15 is 0 Å². The van der Waals surface area contributed by atoms with Crippen molar-refractivity contribution in [3.63, 3.8) is 0 Å². The second kappa shape index (κ2) is 11.5. The molecule has 1 N–H and O–H groups in total. The van der Waals surface area contributed by atoms with E-state index in [0.717, 1.165) is 0 Å². The summed E-state index contributed by atoms with van der Waals surface area (Å²) >= 11 is 12.1. The number of ether oxygens (including phenoxy) is 4. The predicted molar refractivity (Wildman–Crippen MR) is 104 cm³/mol. The van der Waals surface area contributed by atoms with Crippen LogP contribution in [0.2, 0.25) is 10.0 Å². The van der Waals surface area contributed by atoms with Gasteiger partial charge in [-0.1, -0.05) is 29.3 Å². The highest BCUT2D eigenvalue weighted by Gasteiger charge is 2.06. The topological polar surface area (TPSA) is 66.0 Å². The van der Waals surface area contributed by atoms with Crippen molar-refractivity contribution in [2.75, 3.05) is 33.0 Å². The molecule has 27 heavy (non-hydrogen) atoms. The van der Waals surface area contributed by atoms with Gasteiger partial charge in [0.1, 0.15) is 30.5 Å². The van der Waals surface area contributed by atoms with Gasteiger partial charge in [0.15, 0.2) is 0 Å². The molecule has 6 nitrogen and oxygen atoms in total. The molecule has 8 heteroatoms. The zero-order chi connectivity index (χ0) is 19.5. The fourth-order valence-electron chi connectivity index (χ4n) is 2.03. The van der Waals surface area contributed by atoms with Gasteiger partial charge in [0.25, 0.3) is 0 Å². The van der Waals surface area contributed by atoms with E-state index in [9.17, 15) is 4.79 Å². The Bertz CT molecular complexity index is 742. The maximum absolute atomic E-state index is 11.4. The Morgan fingerprint density at radius 1 is 1.04 bits per heavy atom. The lowest BCUT2D eigenvalue weighted by Crippen LogP contribution is -2.29. The number of hydrogen-bond acceptors (Lipinski definition) is 5. The fraction of sp³-hybridized carbons (Fsp3) is 0.316. The average Bonchev–Trinajstić information content (AvgIpc) is 2.64. The third-order valence-electron chi connectivity index (χ3n) is 3.23. The summed E-state index contributed by atoms with van der Waals surface area (Å²) < 4.78 is 21.2. The van der Waals surface area contributed by atoms with Gasteiger partial charge in [0, 0.05) is 17.7 Å². The molecule has 0 atom stereocenters. The minimum absolute atomic E-state index is 0.209. The molecule has 0 saturated heterocycles. The highest BCUT2D eigenvalue weighted by Crippen LogP contribution is 2.31. The molecule has 2 rings (SSSR count). The van der Waals surface area contributed by atoms with Crippen molar-refractivity contribution in [2.45, 2.75) is 6.92 Å². The largest absolute Gasteiger partial charge is 0.490 e. The maximum atomic E-state index is 11.4. The van der Waals surface area contributed by atoms with Gasteiger partial charge in [0.05, 0.1) is 18.2 Å². The van der Waals surface area contributed by atoms with Gasteiger partial charge in [0.2, 0.25) is 0 Å². The average molecular weight is 414 g/mol. The molecule has 0 aliphatic heterocycles. The van der Waals surface area contributed by atoms with Crippen LogP contribution in [0.4, 0.5) is 4.79 Å². The Morgan fingerprint density at radius 2 is 1.85 bits per heavy atom. The molecule has 0 spiro atoms. The van der Waals surface area contributed by atoms with Crippen molar-refractivity contribution in [1.29, 1.82) is 0 Å². The van der Waals surface area contributed by atoms with Crippen molar-refractivity contribution in [3.8, 4) is 17.2 Å². The molecular weight excluding hydrogens is 393 g/mol. The quantitative estimate of drug-likeness (QED) is 0.559. The molecule has 0 bridgehead atoms. The van der Waals surface area contributed by atoms with Crippen molar-refractivity contribution in [1.82, 2.24) is 5.32 Å². The molecule has 0 radical (unpaired) electrons. The highest BCUT2D eigenvalue weighted by atomic mass is 35.5. The normalized spacial score (nSPS) is 10.3. The Morgan fingerprint density at radius 3 is 2.59 bits per heavy atom. The van der Waals surface area contributed by atoms with Crippen LogP contribution in [-0.4, -0.2) is 39.1 Å². The minimum Gasteiger partial charge on any atom is -0.490 e. The minimum atomic E-state index is -0.519. The molecule has 0 fully saturated rings. The highest BCUT2D eigenvalue weighted by molar-refractivity contribution is 6.32. The number of alkyl carbamates (subject to hydrolysis) is 1. The van der Waals surface area contributed by atoms with E-state index in [0.29, 0.717) is 40.5 Å². The zero-order valence-electron chi connectivity index (χ0n) is 14.9. The molecule has 0 unspecified atom stereocenters. The van der Waals surface area contributed by atoms with Crippen molar-refractivity contribution in [3.05, 3.63) is 52.5 Å². The standard InChI is InChI=1S/C19H21Cl2NO5/c1-2-24-10-11-26-19(23)22-8-9-25-18-7-6-16(13-17(18)21)27-15-5-3-4-14(20)12-15/h3-7,12-13H,2,8-11H2,1H3,(H,22,23).